The molecule has 178 valence electrons. The fourth-order valence-corrected chi connectivity index (χ4v) is 10.0. The monoisotopic (exact) mass is 444 g/mol. The summed E-state index contributed by atoms with van der Waals surface area (Å²) in [4.78, 5) is 12.3. The minimum Gasteiger partial charge on any atom is -0.381 e. The molecule has 4 unspecified atom stereocenters. The van der Waals surface area contributed by atoms with E-state index in [4.69, 9.17) is 18.9 Å². The Balaban J connectivity index is 1.42. The first-order valence-corrected chi connectivity index (χ1v) is 12.9. The van der Waals surface area contributed by atoms with Crippen LogP contribution in [0.4, 0.5) is 0 Å². The average Bonchev–Trinajstić information content (AvgIpc) is 3.47. The van der Waals surface area contributed by atoms with Crippen molar-refractivity contribution in [3.63, 3.8) is 0 Å². The molecule has 0 amide bonds. The van der Waals surface area contributed by atoms with E-state index in [-0.39, 0.29) is 27.8 Å². The van der Waals surface area contributed by atoms with Gasteiger partial charge in [-0.1, -0.05) is 19.4 Å². The molecule has 4 aliphatic carbocycles. The summed E-state index contributed by atoms with van der Waals surface area (Å²) in [6.07, 6.45) is 10.8. The maximum absolute atomic E-state index is 12.3. The van der Waals surface area contributed by atoms with Gasteiger partial charge in [-0.25, -0.2) is 0 Å². The van der Waals surface area contributed by atoms with Crippen molar-refractivity contribution in [1.29, 1.82) is 0 Å². The molecule has 0 bridgehead atoms. The highest BCUT2D eigenvalue weighted by molar-refractivity contribution is 5.91. The van der Waals surface area contributed by atoms with Gasteiger partial charge < -0.3 is 18.9 Å². The van der Waals surface area contributed by atoms with Crippen LogP contribution in [0.3, 0.4) is 0 Å². The Labute approximate surface area is 192 Å². The van der Waals surface area contributed by atoms with Crippen LogP contribution >= 0.6 is 0 Å². The van der Waals surface area contributed by atoms with E-state index < -0.39 is 0 Å². The number of carbonyl (C=O) groups excluding carboxylic acids is 1. The number of hydrogen-bond acceptors (Lipinski definition) is 5. The SMILES string of the molecule is COCO[C@H]1C[C@@]2(C)C(CC[C@@]23COCC32CCOC2)C2CCC3=CC(=O)CC[C@]3(C)C21. The predicted molar refractivity (Wildman–Crippen MR) is 120 cm³/mol. The fourth-order valence-electron chi connectivity index (χ4n) is 10.0. The molecule has 0 radical (unpaired) electrons. The normalized spacial score (nSPS) is 52.2. The van der Waals surface area contributed by atoms with Gasteiger partial charge in [0.15, 0.2) is 5.78 Å². The van der Waals surface area contributed by atoms with Gasteiger partial charge in [-0.15, -0.1) is 0 Å². The lowest BCUT2D eigenvalue weighted by Crippen LogP contribution is -2.61. The molecule has 5 fully saturated rings. The van der Waals surface area contributed by atoms with Crippen LogP contribution in [0.5, 0.6) is 0 Å². The molecule has 0 aromatic rings. The predicted octanol–water partition coefficient (Wildman–Crippen LogP) is 4.54. The van der Waals surface area contributed by atoms with Crippen LogP contribution in [-0.4, -0.2) is 52.2 Å². The quantitative estimate of drug-likeness (QED) is 0.598. The van der Waals surface area contributed by atoms with Crippen molar-refractivity contribution in [2.45, 2.75) is 71.3 Å². The van der Waals surface area contributed by atoms with Gasteiger partial charge in [0.05, 0.1) is 25.9 Å². The van der Waals surface area contributed by atoms with Crippen LogP contribution in [0.2, 0.25) is 0 Å². The Morgan fingerprint density at radius 2 is 1.91 bits per heavy atom. The molecule has 2 heterocycles. The van der Waals surface area contributed by atoms with Crippen molar-refractivity contribution in [1.82, 2.24) is 0 Å². The number of allylic oxidation sites excluding steroid dienone is 1. The number of ketones is 1. The summed E-state index contributed by atoms with van der Waals surface area (Å²) in [5.41, 5.74) is 2.03. The van der Waals surface area contributed by atoms with Gasteiger partial charge in [-0.05, 0) is 79.6 Å². The number of rotatable bonds is 3. The third-order valence-corrected chi connectivity index (χ3v) is 11.5. The molecule has 2 saturated heterocycles. The lowest BCUT2D eigenvalue weighted by Gasteiger charge is -2.63. The zero-order valence-electron chi connectivity index (χ0n) is 20.1. The highest BCUT2D eigenvalue weighted by Crippen LogP contribution is 2.75. The van der Waals surface area contributed by atoms with E-state index in [0.29, 0.717) is 36.8 Å². The van der Waals surface area contributed by atoms with Gasteiger partial charge in [-0.3, -0.25) is 4.79 Å². The van der Waals surface area contributed by atoms with Crippen LogP contribution in [0.15, 0.2) is 11.6 Å². The van der Waals surface area contributed by atoms with E-state index in [9.17, 15) is 4.79 Å². The summed E-state index contributed by atoms with van der Waals surface area (Å²) in [5.74, 6) is 2.13. The second-order valence-corrected chi connectivity index (χ2v) is 12.3. The zero-order chi connectivity index (χ0) is 22.2. The molecule has 0 aromatic heterocycles. The van der Waals surface area contributed by atoms with Crippen LogP contribution < -0.4 is 0 Å². The highest BCUT2D eigenvalue weighted by atomic mass is 16.7. The number of methoxy groups -OCH3 is 1. The Bertz CT molecular complexity index is 809. The second kappa shape index (κ2) is 7.37. The standard InChI is InChI=1S/C27H40O5/c1-24-8-6-19(28)12-18(24)4-5-20-21-7-9-27(16-31-15-26(27)10-11-30-14-26)25(21,2)13-22(23(20)24)32-17-29-3/h12,20-23H,4-11,13-17H2,1-3H3/t20?,21?,22-,23?,24-,25-,26?,27+/m0/s1. The van der Waals surface area contributed by atoms with E-state index in [2.05, 4.69) is 13.8 Å². The average molecular weight is 445 g/mol. The molecular formula is C27H40O5. The van der Waals surface area contributed by atoms with E-state index in [0.717, 1.165) is 52.1 Å². The van der Waals surface area contributed by atoms with E-state index in [1.54, 1.807) is 7.11 Å². The topological polar surface area (TPSA) is 54.0 Å². The molecule has 0 aromatic carbocycles. The van der Waals surface area contributed by atoms with Crippen LogP contribution in [-0.2, 0) is 23.7 Å². The molecule has 32 heavy (non-hydrogen) atoms. The van der Waals surface area contributed by atoms with E-state index in [1.807, 2.05) is 6.08 Å². The van der Waals surface area contributed by atoms with Crippen molar-refractivity contribution in [2.24, 2.45) is 39.4 Å². The van der Waals surface area contributed by atoms with Crippen LogP contribution in [0, 0.1) is 39.4 Å². The first kappa shape index (κ1) is 21.8. The third-order valence-electron chi connectivity index (χ3n) is 11.5. The summed E-state index contributed by atoms with van der Waals surface area (Å²) in [6.45, 7) is 8.84. The zero-order valence-corrected chi connectivity index (χ0v) is 20.1. The van der Waals surface area contributed by atoms with Gasteiger partial charge >= 0.3 is 0 Å². The minimum absolute atomic E-state index is 0.0760. The van der Waals surface area contributed by atoms with Gasteiger partial charge in [0.25, 0.3) is 0 Å². The Morgan fingerprint density at radius 1 is 1.06 bits per heavy atom. The molecule has 3 saturated carbocycles. The minimum atomic E-state index is 0.0760. The van der Waals surface area contributed by atoms with Crippen LogP contribution in [0.25, 0.3) is 0 Å². The summed E-state index contributed by atoms with van der Waals surface area (Å²) in [7, 11) is 1.73. The molecule has 5 heteroatoms. The lowest BCUT2D eigenvalue weighted by atomic mass is 9.42. The molecule has 0 N–H and O–H groups in total. The van der Waals surface area contributed by atoms with Crippen molar-refractivity contribution in [2.75, 3.05) is 40.3 Å². The number of ether oxygens (including phenoxy) is 4. The first-order chi connectivity index (χ1) is 15.4. The lowest BCUT2D eigenvalue weighted by molar-refractivity contribution is -0.202. The van der Waals surface area contributed by atoms with Gasteiger partial charge in [-0.2, -0.15) is 0 Å². The van der Waals surface area contributed by atoms with Crippen molar-refractivity contribution in [3.8, 4) is 0 Å². The van der Waals surface area contributed by atoms with E-state index in [1.165, 1.54) is 24.8 Å². The molecule has 2 spiro atoms. The summed E-state index contributed by atoms with van der Waals surface area (Å²) in [5, 5.41) is 0. The number of carbonyl (C=O) groups is 1. The third kappa shape index (κ3) is 2.63. The number of hydrogen-bond donors (Lipinski definition) is 0. The molecule has 2 aliphatic heterocycles. The summed E-state index contributed by atoms with van der Waals surface area (Å²) >= 11 is 0. The fraction of sp³-hybridized carbons (Fsp3) is 0.889. The van der Waals surface area contributed by atoms with E-state index >= 15 is 0 Å². The van der Waals surface area contributed by atoms with Crippen molar-refractivity contribution in [3.05, 3.63) is 11.6 Å². The van der Waals surface area contributed by atoms with Gasteiger partial charge in [0, 0.05) is 31.0 Å². The van der Waals surface area contributed by atoms with Crippen molar-refractivity contribution < 1.29 is 23.7 Å². The molecule has 6 aliphatic rings. The smallest absolute Gasteiger partial charge is 0.155 e. The first-order valence-electron chi connectivity index (χ1n) is 12.9. The Hall–Kier alpha value is -0.750. The van der Waals surface area contributed by atoms with Gasteiger partial charge in [0.1, 0.15) is 6.79 Å². The summed E-state index contributed by atoms with van der Waals surface area (Å²) in [6, 6.07) is 0. The molecular weight excluding hydrogens is 404 g/mol. The number of fused-ring (bicyclic) bond motifs is 7. The largest absolute Gasteiger partial charge is 0.381 e. The summed E-state index contributed by atoms with van der Waals surface area (Å²) < 4.78 is 24.3. The second-order valence-electron chi connectivity index (χ2n) is 12.3. The van der Waals surface area contributed by atoms with Gasteiger partial charge in [0.2, 0.25) is 0 Å². The van der Waals surface area contributed by atoms with Crippen molar-refractivity contribution >= 4 is 5.78 Å². The molecule has 6 rings (SSSR count). The molecule has 5 nitrogen and oxygen atoms in total. The van der Waals surface area contributed by atoms with Crippen LogP contribution in [0.1, 0.15) is 65.2 Å². The maximum atomic E-state index is 12.3. The highest BCUT2D eigenvalue weighted by Gasteiger charge is 2.73. The maximum Gasteiger partial charge on any atom is 0.155 e. The molecule has 8 atom stereocenters. The Morgan fingerprint density at radius 3 is 2.69 bits per heavy atom. The Kier molecular flexibility index (Phi) is 5.01.